The normalized spacial score (nSPS) is 15.4. The maximum Gasteiger partial charge on any atom is 0.435 e. The summed E-state index contributed by atoms with van der Waals surface area (Å²) in [6, 6.07) is 21.0. The van der Waals surface area contributed by atoms with Crippen LogP contribution in [-0.2, 0) is 30.4 Å². The zero-order valence-electron chi connectivity index (χ0n) is 25.5. The van der Waals surface area contributed by atoms with Gasteiger partial charge in [-0.25, -0.2) is 9.18 Å². The first-order chi connectivity index (χ1) is 22.3. The van der Waals surface area contributed by atoms with Crippen molar-refractivity contribution in [2.24, 2.45) is 10.7 Å². The molecule has 13 heteroatoms. The van der Waals surface area contributed by atoms with Gasteiger partial charge in [0.15, 0.2) is 0 Å². The number of carbonyl (C=O) groups excluding carboxylic acids is 4. The molecule has 11 nitrogen and oxygen atoms in total. The molecule has 2 aromatic carbocycles. The molecule has 4 N–H and O–H groups in total. The Morgan fingerprint density at radius 1 is 1.02 bits per heavy atom. The summed E-state index contributed by atoms with van der Waals surface area (Å²) in [5.74, 6) is -1.60. The molecule has 1 fully saturated rings. The van der Waals surface area contributed by atoms with E-state index < -0.39 is 43.3 Å². The Morgan fingerprint density at radius 2 is 1.70 bits per heavy atom. The summed E-state index contributed by atoms with van der Waals surface area (Å²) in [6.07, 6.45) is 0.144. The van der Waals surface area contributed by atoms with E-state index >= 15 is 0 Å². The molecule has 0 radical (unpaired) electrons. The molecule has 1 saturated heterocycles. The fraction of sp³-hybridized carbons (Fsp3) is 0.364. The van der Waals surface area contributed by atoms with Crippen molar-refractivity contribution in [1.82, 2.24) is 15.5 Å². The molecule has 2 heterocycles. The number of ether oxygens (including phenoxy) is 2. The van der Waals surface area contributed by atoms with Gasteiger partial charge in [0, 0.05) is 17.3 Å². The van der Waals surface area contributed by atoms with E-state index in [-0.39, 0.29) is 37.3 Å². The number of hydrogen-bond donors (Lipinski definition) is 3. The van der Waals surface area contributed by atoms with Crippen molar-refractivity contribution < 1.29 is 33.0 Å². The first-order valence-corrected chi connectivity index (χ1v) is 15.9. The van der Waals surface area contributed by atoms with Crippen LogP contribution in [0.1, 0.15) is 46.6 Å². The highest BCUT2D eigenvalue weighted by molar-refractivity contribution is 7.14. The van der Waals surface area contributed by atoms with Crippen LogP contribution >= 0.6 is 11.3 Å². The van der Waals surface area contributed by atoms with Gasteiger partial charge in [0.05, 0.1) is 30.6 Å². The minimum absolute atomic E-state index is 0.0771. The zero-order chi connectivity index (χ0) is 32.9. The number of nitrogens with one attached hydrogen (secondary N) is 2. The van der Waals surface area contributed by atoms with E-state index in [1.54, 1.807) is 24.0 Å². The van der Waals surface area contributed by atoms with E-state index in [2.05, 4.69) is 20.4 Å². The summed E-state index contributed by atoms with van der Waals surface area (Å²) in [5.41, 5.74) is 7.65. The average molecular weight is 652 g/mol. The van der Waals surface area contributed by atoms with Crippen LogP contribution in [0.5, 0.6) is 0 Å². The number of alkyl halides is 1. The Hall–Kier alpha value is -4.62. The molecular formula is C33H38FN5O6S. The van der Waals surface area contributed by atoms with Gasteiger partial charge in [0.25, 0.3) is 0 Å². The molecule has 1 aliphatic rings. The van der Waals surface area contributed by atoms with Gasteiger partial charge in [-0.1, -0.05) is 60.7 Å². The Balaban J connectivity index is 1.51. The fourth-order valence-corrected chi connectivity index (χ4v) is 6.20. The number of amidine groups is 1. The van der Waals surface area contributed by atoms with Crippen LogP contribution in [0.4, 0.5) is 9.18 Å². The second-order valence-electron chi connectivity index (χ2n) is 10.4. The van der Waals surface area contributed by atoms with Crippen LogP contribution in [-0.4, -0.2) is 79.7 Å². The predicted molar refractivity (Wildman–Crippen MR) is 172 cm³/mol. The number of likely N-dealkylation sites (tertiary alicyclic amines) is 1. The van der Waals surface area contributed by atoms with E-state index in [1.165, 1.54) is 11.3 Å². The molecule has 3 amide bonds. The highest BCUT2D eigenvalue weighted by Crippen LogP contribution is 2.31. The van der Waals surface area contributed by atoms with Crippen molar-refractivity contribution in [1.29, 1.82) is 0 Å². The average Bonchev–Trinajstić information content (AvgIpc) is 3.76. The van der Waals surface area contributed by atoms with E-state index in [4.69, 9.17) is 10.5 Å². The molecule has 0 saturated carbocycles. The number of aliphatic imine (C=N–C) groups is 1. The van der Waals surface area contributed by atoms with Crippen molar-refractivity contribution in [3.63, 3.8) is 0 Å². The third-order valence-electron chi connectivity index (χ3n) is 7.39. The maximum atomic E-state index is 14.4. The SMILES string of the molecule is CCOC(=O)CN[C@@H](C(=O)N1CCC[C@H]1C(=O)NCc1ccc(/C(N)=N/C(=O)OCCF)s1)C(c1ccccc1)c1ccccc1. The summed E-state index contributed by atoms with van der Waals surface area (Å²) in [4.78, 5) is 58.3. The maximum absolute atomic E-state index is 14.4. The zero-order valence-corrected chi connectivity index (χ0v) is 26.3. The largest absolute Gasteiger partial charge is 0.465 e. The first-order valence-electron chi connectivity index (χ1n) is 15.0. The molecular weight excluding hydrogens is 613 g/mol. The standard InChI is InChI=1S/C33H38FN5O6S/c1-2-44-27(40)21-36-29(28(22-10-5-3-6-11-22)23-12-7-4-8-13-23)32(42)39-18-9-14-25(39)31(41)37-20-24-15-16-26(46-24)30(35)38-33(43)45-19-17-34/h3-8,10-13,15-16,25,28-29,36H,2,9,14,17-21H2,1H3,(H,37,41)(H2,35,38,43)/t25-,29+/m0/s1. The van der Waals surface area contributed by atoms with E-state index in [1.807, 2.05) is 60.7 Å². The summed E-state index contributed by atoms with van der Waals surface area (Å²) in [6.45, 7) is 1.09. The number of carbonyl (C=O) groups is 4. The highest BCUT2D eigenvalue weighted by Gasteiger charge is 2.40. The Morgan fingerprint density at radius 3 is 2.33 bits per heavy atom. The Labute approximate surface area is 271 Å². The number of hydrogen-bond acceptors (Lipinski definition) is 8. The molecule has 46 heavy (non-hydrogen) atoms. The van der Waals surface area contributed by atoms with Crippen molar-refractivity contribution in [3.05, 3.63) is 93.7 Å². The van der Waals surface area contributed by atoms with Crippen LogP contribution in [0.25, 0.3) is 0 Å². The van der Waals surface area contributed by atoms with Gasteiger partial charge in [-0.05, 0) is 43.0 Å². The van der Waals surface area contributed by atoms with Gasteiger partial charge in [-0.3, -0.25) is 19.7 Å². The van der Waals surface area contributed by atoms with Crippen LogP contribution in [0, 0.1) is 0 Å². The molecule has 0 bridgehead atoms. The number of nitrogens with zero attached hydrogens (tertiary/aromatic N) is 2. The molecule has 244 valence electrons. The second kappa shape index (κ2) is 17.2. The van der Waals surface area contributed by atoms with Crippen LogP contribution < -0.4 is 16.4 Å². The van der Waals surface area contributed by atoms with Gasteiger partial charge in [0.2, 0.25) is 11.8 Å². The van der Waals surface area contributed by atoms with Crippen LogP contribution in [0.15, 0.2) is 77.8 Å². The minimum Gasteiger partial charge on any atom is -0.465 e. The summed E-state index contributed by atoms with van der Waals surface area (Å²) >= 11 is 1.23. The lowest BCUT2D eigenvalue weighted by Crippen LogP contribution is -2.55. The highest BCUT2D eigenvalue weighted by atomic mass is 32.1. The Kier molecular flexibility index (Phi) is 12.8. The van der Waals surface area contributed by atoms with Gasteiger partial charge in [-0.15, -0.1) is 11.3 Å². The van der Waals surface area contributed by atoms with Crippen LogP contribution in [0.2, 0.25) is 0 Å². The van der Waals surface area contributed by atoms with E-state index in [0.29, 0.717) is 24.3 Å². The quantitative estimate of drug-likeness (QED) is 0.136. The molecule has 2 atom stereocenters. The monoisotopic (exact) mass is 651 g/mol. The summed E-state index contributed by atoms with van der Waals surface area (Å²) in [7, 11) is 0. The number of esters is 1. The molecule has 0 spiro atoms. The lowest BCUT2D eigenvalue weighted by molar-refractivity contribution is -0.143. The number of nitrogens with two attached hydrogens (primary N) is 1. The van der Waals surface area contributed by atoms with Gasteiger partial charge in [0.1, 0.15) is 25.2 Å². The second-order valence-corrected chi connectivity index (χ2v) is 11.6. The number of thiophene rings is 1. The molecule has 3 aromatic rings. The lowest BCUT2D eigenvalue weighted by Gasteiger charge is -2.33. The van der Waals surface area contributed by atoms with Gasteiger partial charge < -0.3 is 25.4 Å². The number of amides is 3. The summed E-state index contributed by atoms with van der Waals surface area (Å²) in [5, 5.41) is 6.08. The topological polar surface area (TPSA) is 152 Å². The minimum atomic E-state index is -0.985. The fourth-order valence-electron chi connectivity index (χ4n) is 5.35. The van der Waals surface area contributed by atoms with E-state index in [0.717, 1.165) is 16.0 Å². The van der Waals surface area contributed by atoms with Crippen molar-refractivity contribution in [2.75, 3.05) is 33.0 Å². The Bertz CT molecular complexity index is 1460. The lowest BCUT2D eigenvalue weighted by atomic mass is 9.84. The third-order valence-corrected chi connectivity index (χ3v) is 8.50. The molecule has 1 aromatic heterocycles. The molecule has 4 rings (SSSR count). The smallest absolute Gasteiger partial charge is 0.435 e. The van der Waals surface area contributed by atoms with Crippen molar-refractivity contribution in [3.8, 4) is 0 Å². The molecule has 0 unspecified atom stereocenters. The first kappa shape index (κ1) is 34.3. The van der Waals surface area contributed by atoms with E-state index in [9.17, 15) is 23.6 Å². The molecule has 1 aliphatic heterocycles. The number of rotatable bonds is 14. The van der Waals surface area contributed by atoms with Crippen molar-refractivity contribution >= 4 is 41.0 Å². The van der Waals surface area contributed by atoms with Gasteiger partial charge in [-0.2, -0.15) is 4.99 Å². The van der Waals surface area contributed by atoms with Crippen molar-refractivity contribution in [2.45, 2.75) is 44.3 Å². The summed E-state index contributed by atoms with van der Waals surface area (Å²) < 4.78 is 21.9. The predicted octanol–water partition coefficient (Wildman–Crippen LogP) is 3.52. The number of benzene rings is 2. The third kappa shape index (κ3) is 9.21. The van der Waals surface area contributed by atoms with Crippen LogP contribution in [0.3, 0.4) is 0 Å². The van der Waals surface area contributed by atoms with Gasteiger partial charge >= 0.3 is 12.1 Å². The molecule has 0 aliphatic carbocycles. The number of halogens is 1.